The fourth-order valence-corrected chi connectivity index (χ4v) is 6.87. The van der Waals surface area contributed by atoms with Gasteiger partial charge in [-0.25, -0.2) is 0 Å². The molecule has 3 aromatic rings. The van der Waals surface area contributed by atoms with E-state index in [1.165, 1.54) is 100 Å². The van der Waals surface area contributed by atoms with Crippen LogP contribution in [0.25, 0.3) is 0 Å². The van der Waals surface area contributed by atoms with Gasteiger partial charge >= 0.3 is 37.9 Å². The molecule has 0 aromatic heterocycles. The Balaban J connectivity index is 0.00000177. The Hall–Kier alpha value is -1.41. The summed E-state index contributed by atoms with van der Waals surface area (Å²) in [5.74, 6) is 0.967. The van der Waals surface area contributed by atoms with Crippen LogP contribution in [-0.4, -0.2) is 17.4 Å². The zero-order chi connectivity index (χ0) is 32.3. The van der Waals surface area contributed by atoms with E-state index in [9.17, 15) is 5.11 Å². The van der Waals surface area contributed by atoms with Gasteiger partial charge in [-0.05, 0) is 61.3 Å². The molecule has 0 spiro atoms. The van der Waals surface area contributed by atoms with Crippen molar-refractivity contribution < 1.29 is 26.0 Å². The van der Waals surface area contributed by atoms with Crippen LogP contribution < -0.4 is 0 Å². The van der Waals surface area contributed by atoms with E-state index in [4.69, 9.17) is 22.0 Å². The molecule has 1 aliphatic rings. The second-order valence-corrected chi connectivity index (χ2v) is 16.8. The van der Waals surface area contributed by atoms with Crippen LogP contribution in [-0.2, 0) is 32.7 Å². The van der Waals surface area contributed by atoms with Crippen molar-refractivity contribution >= 4 is 23.2 Å². The molecule has 4 rings (SSSR count). The van der Waals surface area contributed by atoms with E-state index in [-0.39, 0.29) is 0 Å². The van der Waals surface area contributed by atoms with Crippen LogP contribution in [0, 0.1) is 5.92 Å². The molecule has 1 aliphatic carbocycles. The van der Waals surface area contributed by atoms with Crippen LogP contribution in [0.2, 0.25) is 0 Å². The molecule has 0 bridgehead atoms. The molecule has 0 saturated heterocycles. The Bertz CT molecular complexity index is 1210. The molecular formula is C40H55Cl2NOZr. The molecule has 3 aromatic carbocycles. The van der Waals surface area contributed by atoms with Gasteiger partial charge in [0.1, 0.15) is 5.75 Å². The first kappa shape index (κ1) is 38.0. The van der Waals surface area contributed by atoms with Crippen LogP contribution >= 0.6 is 17.0 Å². The molecule has 1 N–H and O–H groups in total. The second-order valence-electron chi connectivity index (χ2n) is 13.0. The molecule has 1 fully saturated rings. The number of aromatic hydroxyl groups is 1. The van der Waals surface area contributed by atoms with Crippen molar-refractivity contribution in [3.8, 4) is 5.75 Å². The first-order chi connectivity index (χ1) is 21.9. The van der Waals surface area contributed by atoms with Crippen LogP contribution in [0.1, 0.15) is 138 Å². The molecule has 5 heteroatoms. The van der Waals surface area contributed by atoms with Gasteiger partial charge in [-0.2, -0.15) is 0 Å². The number of aliphatic imine (C=N–C) groups is 1. The van der Waals surface area contributed by atoms with Crippen molar-refractivity contribution in [1.82, 2.24) is 0 Å². The topological polar surface area (TPSA) is 32.6 Å². The van der Waals surface area contributed by atoms with Gasteiger partial charge in [-0.1, -0.05) is 151 Å². The van der Waals surface area contributed by atoms with E-state index < -0.39 is 26.3 Å². The standard InChI is InChI=1S/C40H55NO.2ClH.Zr/c1-4-5-6-7-8-9-10-11-12-15-23-33-29-34(31-41-38-28-21-20-22-32(38)2)39(42)37(30-33)40(3,35-24-16-13-17-25-35)36-26-18-14-19-27-36;;;/h13-14,16-19,24-27,29-32,38,42H,4-12,15,20-23,28H2,1-3H3;2*1H;/q;;;+2/p-2. The molecule has 45 heavy (non-hydrogen) atoms. The molecule has 2 atom stereocenters. The molecule has 2 unspecified atom stereocenters. The molecule has 0 radical (unpaired) electrons. The Labute approximate surface area is 293 Å². The van der Waals surface area contributed by atoms with Gasteiger partial charge in [0.15, 0.2) is 0 Å². The van der Waals surface area contributed by atoms with Crippen molar-refractivity contribution in [2.75, 3.05) is 0 Å². The fourth-order valence-electron chi connectivity index (χ4n) is 6.87. The van der Waals surface area contributed by atoms with Gasteiger partial charge in [0.2, 0.25) is 0 Å². The number of unbranched alkanes of at least 4 members (excludes halogenated alkanes) is 9. The maximum atomic E-state index is 11.9. The van der Waals surface area contributed by atoms with Crippen LogP contribution in [0.15, 0.2) is 77.8 Å². The monoisotopic (exact) mass is 725 g/mol. The number of phenolic OH excluding ortho intramolecular Hbond substituents is 1. The Kier molecular flexibility index (Phi) is 18.1. The number of hydrogen-bond donors (Lipinski definition) is 1. The summed E-state index contributed by atoms with van der Waals surface area (Å²) in [4.78, 5) is 5.08. The molecule has 0 heterocycles. The Morgan fingerprint density at radius 3 is 1.84 bits per heavy atom. The van der Waals surface area contributed by atoms with E-state index in [1.807, 2.05) is 6.21 Å². The van der Waals surface area contributed by atoms with Gasteiger partial charge in [0.05, 0.1) is 6.04 Å². The molecular weight excluding hydrogens is 673 g/mol. The van der Waals surface area contributed by atoms with E-state index in [2.05, 4.69) is 93.6 Å². The molecule has 0 aliphatic heterocycles. The Morgan fingerprint density at radius 1 is 0.800 bits per heavy atom. The number of phenols is 1. The summed E-state index contributed by atoms with van der Waals surface area (Å²) in [5.41, 5.74) is 5.03. The van der Waals surface area contributed by atoms with E-state index >= 15 is 0 Å². The van der Waals surface area contributed by atoms with Crippen LogP contribution in [0.4, 0.5) is 0 Å². The number of aryl methyl sites for hydroxylation is 1. The van der Waals surface area contributed by atoms with Crippen molar-refractivity contribution in [1.29, 1.82) is 0 Å². The number of benzene rings is 3. The van der Waals surface area contributed by atoms with Gasteiger partial charge in [0.25, 0.3) is 0 Å². The maximum absolute atomic E-state index is 11.9. The van der Waals surface area contributed by atoms with Crippen molar-refractivity contribution in [2.45, 2.75) is 129 Å². The summed E-state index contributed by atoms with van der Waals surface area (Å²) in [5, 5.41) is 11.9. The quantitative estimate of drug-likeness (QED) is 0.0889. The number of hydrogen-bond acceptors (Lipinski definition) is 2. The summed E-state index contributed by atoms with van der Waals surface area (Å²) < 4.78 is 0. The van der Waals surface area contributed by atoms with E-state index in [1.54, 1.807) is 0 Å². The third kappa shape index (κ3) is 12.0. The zero-order valence-corrected chi connectivity index (χ0v) is 31.9. The van der Waals surface area contributed by atoms with Gasteiger partial charge < -0.3 is 5.11 Å². The number of rotatable bonds is 16. The third-order valence-electron chi connectivity index (χ3n) is 9.73. The average Bonchev–Trinajstić information content (AvgIpc) is 3.07. The normalized spacial score (nSPS) is 16.7. The van der Waals surface area contributed by atoms with Crippen molar-refractivity contribution in [3.05, 3.63) is 101 Å². The van der Waals surface area contributed by atoms with Gasteiger partial charge in [0, 0.05) is 22.8 Å². The second kappa shape index (κ2) is 21.5. The van der Waals surface area contributed by atoms with Crippen LogP contribution in [0.3, 0.4) is 0 Å². The summed E-state index contributed by atoms with van der Waals surface area (Å²) in [6, 6.07) is 26.2. The van der Waals surface area contributed by atoms with Crippen LogP contribution in [0.5, 0.6) is 5.75 Å². The van der Waals surface area contributed by atoms with Crippen molar-refractivity contribution in [3.63, 3.8) is 0 Å². The molecule has 244 valence electrons. The van der Waals surface area contributed by atoms with E-state index in [0.29, 0.717) is 17.7 Å². The van der Waals surface area contributed by atoms with Gasteiger partial charge in [-0.15, -0.1) is 0 Å². The third-order valence-corrected chi connectivity index (χ3v) is 9.73. The minimum atomic E-state index is -0.826. The summed E-state index contributed by atoms with van der Waals surface area (Å²) in [7, 11) is 9.87. The predicted molar refractivity (Wildman–Crippen MR) is 193 cm³/mol. The number of nitrogens with zero attached hydrogens (tertiary/aromatic N) is 1. The minimum absolute atomic E-state index is 0.349. The first-order valence-electron chi connectivity index (χ1n) is 17.4. The zero-order valence-electron chi connectivity index (χ0n) is 27.9. The summed E-state index contributed by atoms with van der Waals surface area (Å²) in [6.45, 7) is 6.88. The SMILES string of the molecule is CCCCCCCCCCCCc1cc(C=NC2CCCCC2C)c(O)c(C(C)(c2ccccc2)c2ccccc2)c1.[Cl][Zr][Cl]. The van der Waals surface area contributed by atoms with Crippen molar-refractivity contribution in [2.24, 2.45) is 10.9 Å². The molecule has 2 nitrogen and oxygen atoms in total. The Morgan fingerprint density at radius 2 is 1.31 bits per heavy atom. The first-order valence-corrected chi connectivity index (χ1v) is 23.8. The fraction of sp³-hybridized carbons (Fsp3) is 0.525. The summed E-state index contributed by atoms with van der Waals surface area (Å²) in [6.07, 6.45) is 21.4. The molecule has 0 amide bonds. The van der Waals surface area contributed by atoms with E-state index in [0.717, 1.165) is 24.0 Å². The molecule has 1 saturated carbocycles. The predicted octanol–water partition coefficient (Wildman–Crippen LogP) is 12.6. The van der Waals surface area contributed by atoms with Gasteiger partial charge in [-0.3, -0.25) is 4.99 Å². The summed E-state index contributed by atoms with van der Waals surface area (Å²) >= 11 is -0.826. The average molecular weight is 728 g/mol. The number of halogens is 2.